The van der Waals surface area contributed by atoms with Crippen molar-refractivity contribution in [3.63, 3.8) is 0 Å². The third kappa shape index (κ3) is 0.367. The van der Waals surface area contributed by atoms with Gasteiger partial charge in [-0.05, 0) is 37.5 Å². The smallest absolute Gasteiger partial charge is 0.00866 e. The molecule has 0 spiro atoms. The van der Waals surface area contributed by atoms with E-state index in [0.29, 0.717) is 5.41 Å². The summed E-state index contributed by atoms with van der Waals surface area (Å²) in [5.41, 5.74) is 0.403. The fraction of sp³-hybridized carbons (Fsp3) is 0.625. The van der Waals surface area contributed by atoms with Crippen LogP contribution < -0.4 is 0 Å². The van der Waals surface area contributed by atoms with Gasteiger partial charge in [-0.3, -0.25) is 0 Å². The second-order valence-electron chi connectivity index (χ2n) is 3.11. The Kier molecular flexibility index (Phi) is 0.677. The molecule has 0 aromatic carbocycles. The molecule has 2 unspecified atom stereocenters. The molecule has 0 saturated heterocycles. The van der Waals surface area contributed by atoms with Gasteiger partial charge < -0.3 is 0 Å². The highest BCUT2D eigenvalue weighted by Crippen LogP contribution is 2.52. The highest BCUT2D eigenvalue weighted by molar-refractivity contribution is 5.17. The molecule has 2 aliphatic rings. The minimum absolute atomic E-state index is 0.403. The SMILES string of the molecule is [CH2]C12C=CCC1CC2. The number of hydrogen-bond donors (Lipinski definition) is 0. The molecular formula is C8H11. The molecule has 8 heavy (non-hydrogen) atoms. The zero-order chi connectivity index (χ0) is 5.61. The molecule has 0 heteroatoms. The van der Waals surface area contributed by atoms with E-state index in [2.05, 4.69) is 19.1 Å². The molecule has 2 atom stereocenters. The van der Waals surface area contributed by atoms with Crippen LogP contribution in [0.5, 0.6) is 0 Å². The summed E-state index contributed by atoms with van der Waals surface area (Å²) < 4.78 is 0. The van der Waals surface area contributed by atoms with Gasteiger partial charge in [0.2, 0.25) is 0 Å². The molecule has 0 N–H and O–H groups in total. The normalized spacial score (nSPS) is 50.9. The van der Waals surface area contributed by atoms with Crippen LogP contribution in [0.25, 0.3) is 0 Å². The molecular weight excluding hydrogens is 96.1 g/mol. The minimum Gasteiger partial charge on any atom is -0.0877 e. The lowest BCUT2D eigenvalue weighted by atomic mass is 9.64. The van der Waals surface area contributed by atoms with Crippen molar-refractivity contribution in [1.29, 1.82) is 0 Å². The first-order chi connectivity index (χ1) is 3.81. The van der Waals surface area contributed by atoms with E-state index >= 15 is 0 Å². The standard InChI is InChI=1S/C8H11/c1-8-5-2-3-7(8)4-6-8/h2,5,7H,1,3-4,6H2. The second-order valence-corrected chi connectivity index (χ2v) is 3.11. The molecule has 2 aliphatic carbocycles. The average molecular weight is 107 g/mol. The summed E-state index contributed by atoms with van der Waals surface area (Å²) in [6, 6.07) is 0. The molecule has 0 heterocycles. The number of fused-ring (bicyclic) bond motifs is 1. The Balaban J connectivity index is 2.24. The zero-order valence-corrected chi connectivity index (χ0v) is 5.06. The first kappa shape index (κ1) is 4.60. The minimum atomic E-state index is 0.403. The van der Waals surface area contributed by atoms with Crippen LogP contribution in [0.3, 0.4) is 0 Å². The van der Waals surface area contributed by atoms with E-state index in [0.717, 1.165) is 5.92 Å². The van der Waals surface area contributed by atoms with Gasteiger partial charge in [-0.15, -0.1) is 0 Å². The molecule has 0 aromatic rings. The Hall–Kier alpha value is -0.260. The van der Waals surface area contributed by atoms with E-state index in [4.69, 9.17) is 0 Å². The van der Waals surface area contributed by atoms with Crippen LogP contribution >= 0.6 is 0 Å². The molecule has 0 aliphatic heterocycles. The van der Waals surface area contributed by atoms with Gasteiger partial charge in [0, 0.05) is 0 Å². The van der Waals surface area contributed by atoms with Crippen LogP contribution in [0.1, 0.15) is 19.3 Å². The number of rotatable bonds is 0. The van der Waals surface area contributed by atoms with Gasteiger partial charge in [-0.25, -0.2) is 0 Å². The maximum absolute atomic E-state index is 4.15. The van der Waals surface area contributed by atoms with Crippen molar-refractivity contribution >= 4 is 0 Å². The summed E-state index contributed by atoms with van der Waals surface area (Å²) in [5.74, 6) is 0.919. The van der Waals surface area contributed by atoms with E-state index in [-0.39, 0.29) is 0 Å². The van der Waals surface area contributed by atoms with Gasteiger partial charge in [0.05, 0.1) is 0 Å². The first-order valence-electron chi connectivity index (χ1n) is 3.34. The highest BCUT2D eigenvalue weighted by Gasteiger charge is 2.42. The first-order valence-corrected chi connectivity index (χ1v) is 3.34. The summed E-state index contributed by atoms with van der Waals surface area (Å²) in [5, 5.41) is 0. The lowest BCUT2D eigenvalue weighted by Crippen LogP contribution is -2.32. The van der Waals surface area contributed by atoms with E-state index in [1.54, 1.807) is 0 Å². The van der Waals surface area contributed by atoms with Crippen LogP contribution in [0, 0.1) is 18.3 Å². The fourth-order valence-electron chi connectivity index (χ4n) is 1.76. The van der Waals surface area contributed by atoms with Crippen molar-refractivity contribution in [1.82, 2.24) is 0 Å². The van der Waals surface area contributed by atoms with Crippen LogP contribution in [-0.4, -0.2) is 0 Å². The summed E-state index contributed by atoms with van der Waals surface area (Å²) in [6.45, 7) is 4.15. The predicted molar refractivity (Wildman–Crippen MR) is 34.3 cm³/mol. The lowest BCUT2D eigenvalue weighted by Gasteiger charge is -2.41. The molecule has 0 nitrogen and oxygen atoms in total. The van der Waals surface area contributed by atoms with Crippen molar-refractivity contribution in [3.8, 4) is 0 Å². The predicted octanol–water partition coefficient (Wildman–Crippen LogP) is 2.18. The van der Waals surface area contributed by atoms with Gasteiger partial charge in [-0.2, -0.15) is 0 Å². The molecule has 1 radical (unpaired) electrons. The number of hydrogen-bond acceptors (Lipinski definition) is 0. The van der Waals surface area contributed by atoms with Crippen LogP contribution in [-0.2, 0) is 0 Å². The largest absolute Gasteiger partial charge is 0.0877 e. The Morgan fingerprint density at radius 2 is 2.50 bits per heavy atom. The molecule has 1 saturated carbocycles. The van der Waals surface area contributed by atoms with Crippen molar-refractivity contribution in [2.75, 3.05) is 0 Å². The Bertz CT molecular complexity index is 135. The van der Waals surface area contributed by atoms with Crippen molar-refractivity contribution < 1.29 is 0 Å². The van der Waals surface area contributed by atoms with Crippen LogP contribution in [0.2, 0.25) is 0 Å². The van der Waals surface area contributed by atoms with E-state index in [9.17, 15) is 0 Å². The van der Waals surface area contributed by atoms with Crippen molar-refractivity contribution in [2.45, 2.75) is 19.3 Å². The summed E-state index contributed by atoms with van der Waals surface area (Å²) in [6.07, 6.45) is 8.61. The van der Waals surface area contributed by atoms with Gasteiger partial charge >= 0.3 is 0 Å². The molecule has 2 rings (SSSR count). The summed E-state index contributed by atoms with van der Waals surface area (Å²) in [4.78, 5) is 0. The van der Waals surface area contributed by atoms with E-state index in [1.165, 1.54) is 19.3 Å². The average Bonchev–Trinajstić information content (AvgIpc) is 1.94. The van der Waals surface area contributed by atoms with E-state index < -0.39 is 0 Å². The Morgan fingerprint density at radius 3 is 2.75 bits per heavy atom. The molecule has 1 fully saturated rings. The fourth-order valence-corrected chi connectivity index (χ4v) is 1.76. The van der Waals surface area contributed by atoms with Crippen LogP contribution in [0.4, 0.5) is 0 Å². The van der Waals surface area contributed by atoms with Gasteiger partial charge in [0.25, 0.3) is 0 Å². The molecule has 0 amide bonds. The van der Waals surface area contributed by atoms with Crippen molar-refractivity contribution in [2.24, 2.45) is 11.3 Å². The van der Waals surface area contributed by atoms with E-state index in [1.807, 2.05) is 0 Å². The highest BCUT2D eigenvalue weighted by atomic mass is 14.5. The molecule has 0 bridgehead atoms. The topological polar surface area (TPSA) is 0 Å². The number of allylic oxidation sites excluding steroid dienone is 2. The maximum atomic E-state index is 4.15. The summed E-state index contributed by atoms with van der Waals surface area (Å²) in [7, 11) is 0. The Labute approximate surface area is 50.6 Å². The van der Waals surface area contributed by atoms with Gasteiger partial charge in [-0.1, -0.05) is 12.2 Å². The second kappa shape index (κ2) is 1.18. The third-order valence-electron chi connectivity index (χ3n) is 2.64. The molecule has 0 aromatic heterocycles. The lowest BCUT2D eigenvalue weighted by molar-refractivity contribution is 0.157. The van der Waals surface area contributed by atoms with Crippen LogP contribution in [0.15, 0.2) is 12.2 Å². The third-order valence-corrected chi connectivity index (χ3v) is 2.64. The molecule has 43 valence electrons. The maximum Gasteiger partial charge on any atom is -0.00866 e. The zero-order valence-electron chi connectivity index (χ0n) is 5.06. The van der Waals surface area contributed by atoms with Crippen molar-refractivity contribution in [3.05, 3.63) is 19.1 Å². The Morgan fingerprint density at radius 1 is 1.62 bits per heavy atom. The quantitative estimate of drug-likeness (QED) is 0.416. The van der Waals surface area contributed by atoms with Gasteiger partial charge in [0.1, 0.15) is 0 Å². The van der Waals surface area contributed by atoms with Gasteiger partial charge in [0.15, 0.2) is 0 Å². The summed E-state index contributed by atoms with van der Waals surface area (Å²) >= 11 is 0. The monoisotopic (exact) mass is 107 g/mol.